The number of fused-ring (bicyclic) bond motifs is 3. The summed E-state index contributed by atoms with van der Waals surface area (Å²) >= 11 is 0. The first-order valence-corrected chi connectivity index (χ1v) is 17.3. The summed E-state index contributed by atoms with van der Waals surface area (Å²) in [6.07, 6.45) is 5.96. The third-order valence-electron chi connectivity index (χ3n) is 9.65. The molecule has 7 aromatic rings. The van der Waals surface area contributed by atoms with Gasteiger partial charge in [0.1, 0.15) is 5.82 Å². The van der Waals surface area contributed by atoms with Gasteiger partial charge >= 0.3 is 21.1 Å². The molecule has 0 atom stereocenters. The van der Waals surface area contributed by atoms with Crippen molar-refractivity contribution < 1.29 is 25.8 Å². The van der Waals surface area contributed by atoms with Gasteiger partial charge in [0.15, 0.2) is 0 Å². The number of pyridine rings is 1. The molecule has 0 spiro atoms. The number of ether oxygens (including phenoxy) is 1. The van der Waals surface area contributed by atoms with Crippen LogP contribution in [0.2, 0.25) is 0 Å². The zero-order valence-electron chi connectivity index (χ0n) is 30.3. The summed E-state index contributed by atoms with van der Waals surface area (Å²) < 4.78 is 10.5. The molecule has 0 saturated heterocycles. The van der Waals surface area contributed by atoms with Gasteiger partial charge in [-0.3, -0.25) is 4.68 Å². The van der Waals surface area contributed by atoms with Crippen LogP contribution in [0.5, 0.6) is 11.5 Å². The molecule has 0 saturated carbocycles. The third kappa shape index (κ3) is 6.22. The van der Waals surface area contributed by atoms with E-state index in [1.165, 1.54) is 33.4 Å². The molecular formula is C44H44N4OPt. The van der Waals surface area contributed by atoms with Crippen molar-refractivity contribution in [2.45, 2.75) is 80.1 Å². The molecule has 0 aliphatic heterocycles. The average Bonchev–Trinajstić information content (AvgIpc) is 3.67. The second-order valence-electron chi connectivity index (χ2n) is 14.1. The number of aromatic nitrogens is 4. The van der Waals surface area contributed by atoms with Crippen LogP contribution in [0.1, 0.15) is 92.7 Å². The normalized spacial score (nSPS) is 11.7. The minimum Gasteiger partial charge on any atom is -0.509 e. The first kappa shape index (κ1) is 35.4. The minimum atomic E-state index is 0. The van der Waals surface area contributed by atoms with Gasteiger partial charge in [-0.15, -0.1) is 35.7 Å². The third-order valence-corrected chi connectivity index (χ3v) is 9.65. The Morgan fingerprint density at radius 2 is 1.38 bits per heavy atom. The predicted molar refractivity (Wildman–Crippen MR) is 202 cm³/mol. The molecule has 0 aliphatic carbocycles. The zero-order valence-corrected chi connectivity index (χ0v) is 32.6. The first-order valence-electron chi connectivity index (χ1n) is 17.3. The summed E-state index contributed by atoms with van der Waals surface area (Å²) in [7, 11) is 0. The van der Waals surface area contributed by atoms with Gasteiger partial charge in [0.05, 0.1) is 6.20 Å². The predicted octanol–water partition coefficient (Wildman–Crippen LogP) is 11.7. The number of rotatable bonds is 8. The molecule has 7 rings (SSSR count). The molecule has 0 amide bonds. The number of nitrogens with zero attached hydrogens (tertiary/aromatic N) is 4. The van der Waals surface area contributed by atoms with Crippen LogP contribution in [0.3, 0.4) is 0 Å². The van der Waals surface area contributed by atoms with E-state index in [0.29, 0.717) is 29.3 Å². The molecule has 4 aromatic carbocycles. The largest absolute Gasteiger partial charge is 2.00 e. The molecule has 0 fully saturated rings. The smallest absolute Gasteiger partial charge is 0.509 e. The molecular weight excluding hydrogens is 796 g/mol. The molecule has 0 bridgehead atoms. The number of benzene rings is 4. The molecule has 50 heavy (non-hydrogen) atoms. The van der Waals surface area contributed by atoms with Crippen LogP contribution in [0.15, 0.2) is 85.3 Å². The number of hydrogen-bond acceptors (Lipinski definition) is 3. The Morgan fingerprint density at radius 1 is 0.700 bits per heavy atom. The fourth-order valence-corrected chi connectivity index (χ4v) is 7.79. The standard InChI is InChI=1S/C44H44N4O.Pt/c1-26(2)41-30(8)44(31(9)42(27(3)4)43(41)28(5)6)32-24-46-47(25-32)33-13-12-14-34(22-33)49-35-17-18-37-36-15-10-11-16-38(36)48(39(37)23-35)40-21-29(7)19-20-45-40;/h10-21,24-28H,1-9H3;/q-2;+2. The second kappa shape index (κ2) is 14.0. The molecule has 0 unspecified atom stereocenters. The SMILES string of the molecule is Cc1ccnc(-n2c3[c-]c(Oc4[c-]c(-n5cc(-c6c(C)c(C(C)C)c(C(C)C)c(C(C)C)c6C)cn5)ccc4)ccc3c3ccccc32)c1.[Pt+2]. The fourth-order valence-electron chi connectivity index (χ4n) is 7.79. The summed E-state index contributed by atoms with van der Waals surface area (Å²) in [6, 6.07) is 29.5. The van der Waals surface area contributed by atoms with E-state index >= 15 is 0 Å². The second-order valence-corrected chi connectivity index (χ2v) is 14.1. The van der Waals surface area contributed by atoms with Crippen molar-refractivity contribution in [3.05, 3.63) is 131 Å². The van der Waals surface area contributed by atoms with Crippen molar-refractivity contribution in [2.75, 3.05) is 0 Å². The van der Waals surface area contributed by atoms with Crippen molar-refractivity contribution in [3.63, 3.8) is 0 Å². The molecule has 5 nitrogen and oxygen atoms in total. The first-order chi connectivity index (χ1) is 23.5. The van der Waals surface area contributed by atoms with E-state index in [1.807, 2.05) is 47.4 Å². The van der Waals surface area contributed by atoms with E-state index in [0.717, 1.165) is 44.4 Å². The number of hydrogen-bond donors (Lipinski definition) is 0. The molecule has 6 heteroatoms. The summed E-state index contributed by atoms with van der Waals surface area (Å²) in [5, 5.41) is 7.08. The number of aryl methyl sites for hydroxylation is 1. The van der Waals surface area contributed by atoms with E-state index in [9.17, 15) is 0 Å². The van der Waals surface area contributed by atoms with Crippen LogP contribution < -0.4 is 4.74 Å². The summed E-state index contributed by atoms with van der Waals surface area (Å²) in [6.45, 7) is 20.6. The number of para-hydroxylation sites is 1. The maximum absolute atomic E-state index is 6.42. The Bertz CT molecular complexity index is 2310. The van der Waals surface area contributed by atoms with E-state index in [2.05, 4.69) is 122 Å². The summed E-state index contributed by atoms with van der Waals surface area (Å²) in [4.78, 5) is 4.70. The molecule has 3 aromatic heterocycles. The zero-order chi connectivity index (χ0) is 34.6. The van der Waals surface area contributed by atoms with Gasteiger partial charge in [0, 0.05) is 35.0 Å². The Hall–Kier alpha value is -4.47. The van der Waals surface area contributed by atoms with Gasteiger partial charge in [-0.1, -0.05) is 65.3 Å². The molecule has 0 aliphatic rings. The Kier molecular flexibility index (Phi) is 9.93. The van der Waals surface area contributed by atoms with Gasteiger partial charge in [0.2, 0.25) is 0 Å². The van der Waals surface area contributed by atoms with E-state index in [1.54, 1.807) is 0 Å². The Morgan fingerprint density at radius 3 is 2.06 bits per heavy atom. The van der Waals surface area contributed by atoms with Crippen molar-refractivity contribution >= 4 is 21.8 Å². The molecule has 3 heterocycles. The van der Waals surface area contributed by atoms with Crippen molar-refractivity contribution in [2.24, 2.45) is 0 Å². The quantitative estimate of drug-likeness (QED) is 0.143. The molecule has 0 N–H and O–H groups in total. The fraction of sp³-hybridized carbons (Fsp3) is 0.273. The van der Waals surface area contributed by atoms with Crippen LogP contribution in [0.4, 0.5) is 0 Å². The van der Waals surface area contributed by atoms with Crippen LogP contribution in [-0.4, -0.2) is 19.3 Å². The van der Waals surface area contributed by atoms with Crippen LogP contribution in [0.25, 0.3) is 44.4 Å². The van der Waals surface area contributed by atoms with Gasteiger partial charge in [-0.25, -0.2) is 4.98 Å². The van der Waals surface area contributed by atoms with Crippen LogP contribution in [0, 0.1) is 32.9 Å². The summed E-state index contributed by atoms with van der Waals surface area (Å²) in [5.41, 5.74) is 13.5. The van der Waals surface area contributed by atoms with Crippen molar-refractivity contribution in [1.29, 1.82) is 0 Å². The average molecular weight is 840 g/mol. The van der Waals surface area contributed by atoms with E-state index in [-0.39, 0.29) is 21.1 Å². The van der Waals surface area contributed by atoms with E-state index in [4.69, 9.17) is 14.8 Å². The van der Waals surface area contributed by atoms with Gasteiger partial charge in [-0.05, 0) is 107 Å². The van der Waals surface area contributed by atoms with E-state index < -0.39 is 0 Å². The van der Waals surface area contributed by atoms with Crippen molar-refractivity contribution in [3.8, 4) is 34.1 Å². The molecule has 0 radical (unpaired) electrons. The summed E-state index contributed by atoms with van der Waals surface area (Å²) in [5.74, 6) is 3.38. The van der Waals surface area contributed by atoms with Gasteiger partial charge in [0.25, 0.3) is 0 Å². The van der Waals surface area contributed by atoms with Crippen LogP contribution >= 0.6 is 0 Å². The topological polar surface area (TPSA) is 44.9 Å². The van der Waals surface area contributed by atoms with Crippen LogP contribution in [-0.2, 0) is 21.1 Å². The maximum atomic E-state index is 6.42. The molecule has 256 valence electrons. The maximum Gasteiger partial charge on any atom is 2.00 e. The van der Waals surface area contributed by atoms with Gasteiger partial charge in [-0.2, -0.15) is 17.2 Å². The Balaban J connectivity index is 0.00000432. The minimum absolute atomic E-state index is 0. The van der Waals surface area contributed by atoms with Crippen molar-refractivity contribution in [1.82, 2.24) is 19.3 Å². The Labute approximate surface area is 310 Å². The van der Waals surface area contributed by atoms with Gasteiger partial charge < -0.3 is 9.30 Å². The monoisotopic (exact) mass is 839 g/mol.